The lowest BCUT2D eigenvalue weighted by molar-refractivity contribution is -0.137. The van der Waals surface area contributed by atoms with Crippen molar-refractivity contribution in [2.45, 2.75) is 50.2 Å². The van der Waals surface area contributed by atoms with Crippen molar-refractivity contribution in [2.75, 3.05) is 6.54 Å². The molecule has 1 aliphatic carbocycles. The number of carbonyl (C=O) groups is 1. The minimum Gasteiger partial charge on any atom is -0.354 e. The van der Waals surface area contributed by atoms with Crippen LogP contribution in [0.25, 0.3) is 0 Å². The van der Waals surface area contributed by atoms with Crippen molar-refractivity contribution in [3.8, 4) is 0 Å². The summed E-state index contributed by atoms with van der Waals surface area (Å²) in [6, 6.07) is 4.82. The first-order chi connectivity index (χ1) is 10.2. The number of nitrogens with one attached hydrogen (secondary N) is 1. The molecule has 1 aromatic rings. The fourth-order valence-electron chi connectivity index (χ4n) is 3.06. The molecule has 0 aromatic heterocycles. The van der Waals surface area contributed by atoms with Gasteiger partial charge in [0, 0.05) is 12.0 Å². The van der Waals surface area contributed by atoms with E-state index in [9.17, 15) is 18.0 Å². The molecule has 1 fully saturated rings. The second-order valence-corrected chi connectivity index (χ2v) is 6.07. The summed E-state index contributed by atoms with van der Waals surface area (Å²) in [5.74, 6) is -0.279. The highest BCUT2D eigenvalue weighted by Gasteiger charge is 2.38. The molecule has 1 aliphatic rings. The minimum atomic E-state index is -4.36. The van der Waals surface area contributed by atoms with Crippen molar-refractivity contribution in [1.29, 1.82) is 0 Å². The zero-order valence-corrected chi connectivity index (χ0v) is 12.5. The lowest BCUT2D eigenvalue weighted by atomic mass is 9.78. The molecular weight excluding hydrogens is 293 g/mol. The van der Waals surface area contributed by atoms with Gasteiger partial charge in [0.15, 0.2) is 0 Å². The molecule has 0 saturated heterocycles. The molecule has 0 aliphatic heterocycles. The van der Waals surface area contributed by atoms with Gasteiger partial charge in [-0.25, -0.2) is 0 Å². The minimum absolute atomic E-state index is 0.279. The monoisotopic (exact) mass is 314 g/mol. The predicted octanol–water partition coefficient (Wildman–Crippen LogP) is 2.98. The third kappa shape index (κ3) is 3.61. The van der Waals surface area contributed by atoms with Crippen LogP contribution < -0.4 is 11.1 Å². The van der Waals surface area contributed by atoms with Gasteiger partial charge in [0.25, 0.3) is 0 Å². The van der Waals surface area contributed by atoms with Gasteiger partial charge in [0.1, 0.15) is 0 Å². The average molecular weight is 314 g/mol. The second-order valence-electron chi connectivity index (χ2n) is 6.07. The van der Waals surface area contributed by atoms with Crippen molar-refractivity contribution in [3.63, 3.8) is 0 Å². The van der Waals surface area contributed by atoms with Gasteiger partial charge in [0.2, 0.25) is 5.91 Å². The summed E-state index contributed by atoms with van der Waals surface area (Å²) in [7, 11) is 0. The standard InChI is InChI=1S/C16H21F3N2O/c1-11(20)14(22)21-10-15(7-2-3-8-15)12-5-4-6-13(9-12)16(17,18)19/h4-6,9,11H,2-3,7-8,10,20H2,1H3,(H,21,22)/t11-/m1/s1. The summed E-state index contributed by atoms with van der Waals surface area (Å²) < 4.78 is 38.7. The van der Waals surface area contributed by atoms with E-state index >= 15 is 0 Å². The summed E-state index contributed by atoms with van der Waals surface area (Å²) in [4.78, 5) is 11.7. The smallest absolute Gasteiger partial charge is 0.354 e. The maximum absolute atomic E-state index is 12.9. The third-order valence-corrected chi connectivity index (χ3v) is 4.38. The molecule has 3 nitrogen and oxygen atoms in total. The fourth-order valence-corrected chi connectivity index (χ4v) is 3.06. The molecule has 22 heavy (non-hydrogen) atoms. The summed E-state index contributed by atoms with van der Waals surface area (Å²) in [5.41, 5.74) is 5.10. The van der Waals surface area contributed by atoms with E-state index in [-0.39, 0.29) is 5.91 Å². The topological polar surface area (TPSA) is 55.1 Å². The first kappa shape index (κ1) is 16.8. The molecule has 1 saturated carbocycles. The van der Waals surface area contributed by atoms with Crippen LogP contribution in [0.5, 0.6) is 0 Å². The van der Waals surface area contributed by atoms with Gasteiger partial charge in [-0.3, -0.25) is 4.79 Å². The Labute approximate surface area is 128 Å². The van der Waals surface area contributed by atoms with Gasteiger partial charge >= 0.3 is 6.18 Å². The Morgan fingerprint density at radius 2 is 2.00 bits per heavy atom. The quantitative estimate of drug-likeness (QED) is 0.897. The molecule has 1 amide bonds. The van der Waals surface area contributed by atoms with Crippen molar-refractivity contribution in [2.24, 2.45) is 5.73 Å². The summed E-state index contributed by atoms with van der Waals surface area (Å²) in [6.07, 6.45) is -0.916. The molecule has 6 heteroatoms. The van der Waals surface area contributed by atoms with Crippen LogP contribution in [0.1, 0.15) is 43.7 Å². The number of rotatable bonds is 4. The number of hydrogen-bond acceptors (Lipinski definition) is 2. The van der Waals surface area contributed by atoms with Gasteiger partial charge < -0.3 is 11.1 Å². The zero-order valence-electron chi connectivity index (χ0n) is 12.5. The highest BCUT2D eigenvalue weighted by atomic mass is 19.4. The molecule has 0 radical (unpaired) electrons. The van der Waals surface area contributed by atoms with Gasteiger partial charge in [-0.05, 0) is 31.4 Å². The van der Waals surface area contributed by atoms with Crippen LogP contribution in [0, 0.1) is 0 Å². The van der Waals surface area contributed by atoms with E-state index in [1.165, 1.54) is 12.1 Å². The summed E-state index contributed by atoms with van der Waals surface area (Å²) in [6.45, 7) is 1.91. The zero-order chi connectivity index (χ0) is 16.4. The van der Waals surface area contributed by atoms with E-state index in [0.717, 1.165) is 31.7 Å². The van der Waals surface area contributed by atoms with E-state index in [1.54, 1.807) is 13.0 Å². The lowest BCUT2D eigenvalue weighted by Gasteiger charge is -2.31. The number of amides is 1. The molecule has 0 heterocycles. The second kappa shape index (κ2) is 6.28. The highest BCUT2D eigenvalue weighted by molar-refractivity contribution is 5.81. The SMILES string of the molecule is C[C@@H](N)C(=O)NCC1(c2cccc(C(F)(F)F)c2)CCCC1. The molecule has 0 spiro atoms. The van der Waals surface area contributed by atoms with Crippen molar-refractivity contribution >= 4 is 5.91 Å². The first-order valence-corrected chi connectivity index (χ1v) is 7.46. The number of alkyl halides is 3. The average Bonchev–Trinajstić information content (AvgIpc) is 2.94. The van der Waals surface area contributed by atoms with Crippen molar-refractivity contribution in [1.82, 2.24) is 5.32 Å². The molecule has 1 atom stereocenters. The van der Waals surface area contributed by atoms with Crippen molar-refractivity contribution < 1.29 is 18.0 Å². The van der Waals surface area contributed by atoms with Crippen molar-refractivity contribution in [3.05, 3.63) is 35.4 Å². The number of benzene rings is 1. The maximum Gasteiger partial charge on any atom is 0.416 e. The maximum atomic E-state index is 12.9. The Hall–Kier alpha value is -1.56. The largest absolute Gasteiger partial charge is 0.416 e. The van der Waals surface area contributed by atoms with E-state index in [2.05, 4.69) is 5.32 Å². The van der Waals surface area contributed by atoms with Gasteiger partial charge in [-0.15, -0.1) is 0 Å². The molecule has 122 valence electrons. The summed E-state index contributed by atoms with van der Waals surface area (Å²) >= 11 is 0. The first-order valence-electron chi connectivity index (χ1n) is 7.46. The normalized spacial score (nSPS) is 19.0. The molecule has 0 unspecified atom stereocenters. The number of halogens is 3. The summed E-state index contributed by atoms with van der Waals surface area (Å²) in [5, 5.41) is 2.78. The number of hydrogen-bond donors (Lipinski definition) is 2. The van der Waals surface area contributed by atoms with Crippen LogP contribution in [-0.2, 0) is 16.4 Å². The van der Waals surface area contributed by atoms with Gasteiger partial charge in [-0.2, -0.15) is 13.2 Å². The Bertz CT molecular complexity index is 534. The van der Waals surface area contributed by atoms with Crippen LogP contribution in [0.2, 0.25) is 0 Å². The highest BCUT2D eigenvalue weighted by Crippen LogP contribution is 2.42. The van der Waals surface area contributed by atoms with Crippen LogP contribution in [0.3, 0.4) is 0 Å². The van der Waals surface area contributed by atoms with Crippen LogP contribution in [0.15, 0.2) is 24.3 Å². The fraction of sp³-hybridized carbons (Fsp3) is 0.562. The van der Waals surface area contributed by atoms with E-state index in [4.69, 9.17) is 5.73 Å². The van der Waals surface area contributed by atoms with Gasteiger partial charge in [-0.1, -0.05) is 31.0 Å². The molecule has 2 rings (SSSR count). The third-order valence-electron chi connectivity index (χ3n) is 4.38. The van der Waals surface area contributed by atoms with Crippen LogP contribution in [-0.4, -0.2) is 18.5 Å². The Balaban J connectivity index is 2.26. The molecule has 0 bridgehead atoms. The van der Waals surface area contributed by atoms with E-state index < -0.39 is 23.2 Å². The lowest BCUT2D eigenvalue weighted by Crippen LogP contribution is -2.45. The Morgan fingerprint density at radius 3 is 2.55 bits per heavy atom. The van der Waals surface area contributed by atoms with Crippen LogP contribution >= 0.6 is 0 Å². The van der Waals surface area contributed by atoms with E-state index in [1.807, 2.05) is 0 Å². The molecule has 3 N–H and O–H groups in total. The molecular formula is C16H21F3N2O. The number of nitrogens with two attached hydrogens (primary N) is 1. The van der Waals surface area contributed by atoms with Crippen LogP contribution in [0.4, 0.5) is 13.2 Å². The number of carbonyl (C=O) groups excluding carboxylic acids is 1. The Kier molecular flexibility index (Phi) is 4.80. The predicted molar refractivity (Wildman–Crippen MR) is 78.2 cm³/mol. The van der Waals surface area contributed by atoms with E-state index in [0.29, 0.717) is 12.1 Å². The van der Waals surface area contributed by atoms with Gasteiger partial charge in [0.05, 0.1) is 11.6 Å². The molecule has 1 aromatic carbocycles. The Morgan fingerprint density at radius 1 is 1.36 bits per heavy atom.